The lowest BCUT2D eigenvalue weighted by Crippen LogP contribution is -2.54. The van der Waals surface area contributed by atoms with Crippen molar-refractivity contribution >= 4 is 17.9 Å². The summed E-state index contributed by atoms with van der Waals surface area (Å²) in [7, 11) is 0. The van der Waals surface area contributed by atoms with Crippen LogP contribution in [-0.4, -0.2) is 69.0 Å². The van der Waals surface area contributed by atoms with E-state index in [9.17, 15) is 29.7 Å². The highest BCUT2D eigenvalue weighted by Crippen LogP contribution is 2.30. The Morgan fingerprint density at radius 3 is 2.14 bits per heavy atom. The predicted octanol–water partition coefficient (Wildman–Crippen LogP) is 2.62. The fourth-order valence-electron chi connectivity index (χ4n) is 3.72. The number of rotatable bonds is 10. The highest BCUT2D eigenvalue weighted by Gasteiger charge is 2.37. The quantitative estimate of drug-likeness (QED) is 0.327. The molecule has 2 rings (SSSR count). The van der Waals surface area contributed by atoms with Gasteiger partial charge in [-0.2, -0.15) is 0 Å². The number of para-hydroxylation sites is 1. The standard InChI is InChI=1S/C27H37N3O7/c1-17(2)28-24(34)23(20-8-6-7-9-22(20)33)30(14-15-31)25(35)21(29-26(36)37-27(3,4)5)16-18-10-12-19(32)13-11-18/h6-13,17,21,23,31-33H,14-16H2,1-5H3,(H,28,34)(H,29,36). The number of carbonyl (C=O) groups excluding carboxylic acids is 3. The summed E-state index contributed by atoms with van der Waals surface area (Å²) in [5.74, 6) is -1.38. The molecular weight excluding hydrogens is 478 g/mol. The molecule has 0 fully saturated rings. The smallest absolute Gasteiger partial charge is 0.408 e. The third-order valence-corrected chi connectivity index (χ3v) is 5.21. The van der Waals surface area contributed by atoms with E-state index >= 15 is 0 Å². The molecule has 10 nitrogen and oxygen atoms in total. The lowest BCUT2D eigenvalue weighted by Gasteiger charge is -2.34. The van der Waals surface area contributed by atoms with Gasteiger partial charge in [-0.15, -0.1) is 0 Å². The van der Waals surface area contributed by atoms with Gasteiger partial charge in [-0.1, -0.05) is 30.3 Å². The van der Waals surface area contributed by atoms with Crippen LogP contribution in [0.5, 0.6) is 11.5 Å². The summed E-state index contributed by atoms with van der Waals surface area (Å²) in [5.41, 5.74) is -0.0266. The second kappa shape index (κ2) is 13.0. The molecule has 0 aromatic heterocycles. The average Bonchev–Trinajstić information content (AvgIpc) is 2.78. The van der Waals surface area contributed by atoms with E-state index in [1.807, 2.05) is 0 Å². The minimum Gasteiger partial charge on any atom is -0.508 e. The van der Waals surface area contributed by atoms with Gasteiger partial charge in [-0.05, 0) is 58.4 Å². The van der Waals surface area contributed by atoms with E-state index < -0.39 is 42.2 Å². The first kappa shape index (κ1) is 29.4. The summed E-state index contributed by atoms with van der Waals surface area (Å²) >= 11 is 0. The molecule has 0 aliphatic rings. The van der Waals surface area contributed by atoms with Gasteiger partial charge in [0.05, 0.1) is 6.61 Å². The van der Waals surface area contributed by atoms with Crippen LogP contribution in [0.15, 0.2) is 48.5 Å². The fourth-order valence-corrected chi connectivity index (χ4v) is 3.72. The molecule has 0 aliphatic heterocycles. The Bertz CT molecular complexity index is 1060. The number of nitrogens with one attached hydrogen (secondary N) is 2. The Morgan fingerprint density at radius 2 is 1.59 bits per heavy atom. The van der Waals surface area contributed by atoms with Crippen LogP contribution in [0, 0.1) is 0 Å². The van der Waals surface area contributed by atoms with E-state index in [1.165, 1.54) is 24.3 Å². The molecule has 0 aliphatic carbocycles. The van der Waals surface area contributed by atoms with E-state index in [1.54, 1.807) is 58.9 Å². The molecule has 37 heavy (non-hydrogen) atoms. The number of hydrogen-bond donors (Lipinski definition) is 5. The zero-order chi connectivity index (χ0) is 27.8. The van der Waals surface area contributed by atoms with Crippen LogP contribution in [0.1, 0.15) is 51.8 Å². The Hall–Kier alpha value is -3.79. The summed E-state index contributed by atoms with van der Waals surface area (Å²) in [5, 5.41) is 35.3. The minimum absolute atomic E-state index is 0.0135. The molecule has 2 atom stereocenters. The van der Waals surface area contributed by atoms with Crippen LogP contribution >= 0.6 is 0 Å². The van der Waals surface area contributed by atoms with Crippen LogP contribution in [0.2, 0.25) is 0 Å². The Balaban J connectivity index is 2.53. The van der Waals surface area contributed by atoms with Crippen molar-refractivity contribution in [3.63, 3.8) is 0 Å². The molecule has 0 heterocycles. The Kier molecular flexibility index (Phi) is 10.3. The van der Waals surface area contributed by atoms with Crippen molar-refractivity contribution in [2.24, 2.45) is 0 Å². The number of amides is 3. The third-order valence-electron chi connectivity index (χ3n) is 5.21. The van der Waals surface area contributed by atoms with Crippen molar-refractivity contribution in [3.8, 4) is 11.5 Å². The van der Waals surface area contributed by atoms with Crippen molar-refractivity contribution < 1.29 is 34.4 Å². The number of carbonyl (C=O) groups is 3. The van der Waals surface area contributed by atoms with Crippen LogP contribution < -0.4 is 10.6 Å². The molecular formula is C27H37N3O7. The highest BCUT2D eigenvalue weighted by molar-refractivity contribution is 5.92. The fraction of sp³-hybridized carbons (Fsp3) is 0.444. The van der Waals surface area contributed by atoms with Gasteiger partial charge < -0.3 is 35.6 Å². The molecule has 2 unspecified atom stereocenters. The number of aliphatic hydroxyl groups is 1. The van der Waals surface area contributed by atoms with Gasteiger partial charge >= 0.3 is 6.09 Å². The van der Waals surface area contributed by atoms with Crippen molar-refractivity contribution in [3.05, 3.63) is 59.7 Å². The van der Waals surface area contributed by atoms with Crippen LogP contribution in [-0.2, 0) is 20.7 Å². The summed E-state index contributed by atoms with van der Waals surface area (Å²) in [6.07, 6.45) is -0.820. The summed E-state index contributed by atoms with van der Waals surface area (Å²) in [6, 6.07) is 9.52. The van der Waals surface area contributed by atoms with Gasteiger partial charge in [0, 0.05) is 24.6 Å². The molecule has 2 aromatic rings. The van der Waals surface area contributed by atoms with E-state index in [0.717, 1.165) is 4.90 Å². The van der Waals surface area contributed by atoms with Crippen molar-refractivity contribution in [1.29, 1.82) is 0 Å². The molecule has 202 valence electrons. The van der Waals surface area contributed by atoms with E-state index in [0.29, 0.717) is 5.56 Å². The zero-order valence-electron chi connectivity index (χ0n) is 21.9. The monoisotopic (exact) mass is 515 g/mol. The Labute approximate surface area is 217 Å². The van der Waals surface area contributed by atoms with E-state index in [2.05, 4.69) is 10.6 Å². The number of hydrogen-bond acceptors (Lipinski definition) is 7. The largest absolute Gasteiger partial charge is 0.508 e. The van der Waals surface area contributed by atoms with E-state index in [4.69, 9.17) is 4.74 Å². The Morgan fingerprint density at radius 1 is 0.973 bits per heavy atom. The van der Waals surface area contributed by atoms with Gasteiger partial charge in [0.2, 0.25) is 11.8 Å². The van der Waals surface area contributed by atoms with Gasteiger partial charge in [0.15, 0.2) is 0 Å². The van der Waals surface area contributed by atoms with Crippen LogP contribution in [0.25, 0.3) is 0 Å². The maximum Gasteiger partial charge on any atom is 0.408 e. The zero-order valence-corrected chi connectivity index (χ0v) is 21.9. The normalized spacial score (nSPS) is 12.9. The summed E-state index contributed by atoms with van der Waals surface area (Å²) < 4.78 is 5.35. The second-order valence-electron chi connectivity index (χ2n) is 9.95. The SMILES string of the molecule is CC(C)NC(=O)C(c1ccccc1O)N(CCO)C(=O)C(Cc1ccc(O)cc1)NC(=O)OC(C)(C)C. The van der Waals surface area contributed by atoms with Gasteiger partial charge in [0.25, 0.3) is 0 Å². The molecule has 2 aromatic carbocycles. The molecule has 0 saturated heterocycles. The topological polar surface area (TPSA) is 148 Å². The van der Waals surface area contributed by atoms with E-state index in [-0.39, 0.29) is 36.1 Å². The summed E-state index contributed by atoms with van der Waals surface area (Å²) in [4.78, 5) is 41.1. The average molecular weight is 516 g/mol. The van der Waals surface area contributed by atoms with Crippen LogP contribution in [0.3, 0.4) is 0 Å². The number of benzene rings is 2. The maximum absolute atomic E-state index is 14.0. The first-order valence-corrected chi connectivity index (χ1v) is 12.1. The minimum atomic E-state index is -1.29. The lowest BCUT2D eigenvalue weighted by molar-refractivity contribution is -0.143. The number of alkyl carbamates (subject to hydrolysis) is 1. The molecule has 0 spiro atoms. The number of ether oxygens (including phenoxy) is 1. The highest BCUT2D eigenvalue weighted by atomic mass is 16.6. The van der Waals surface area contributed by atoms with Gasteiger partial charge in [-0.25, -0.2) is 4.79 Å². The van der Waals surface area contributed by atoms with Gasteiger partial charge in [0.1, 0.15) is 29.2 Å². The molecule has 3 amide bonds. The number of nitrogens with zero attached hydrogens (tertiary/aromatic N) is 1. The number of aromatic hydroxyl groups is 2. The van der Waals surface area contributed by atoms with Crippen molar-refractivity contribution in [2.45, 2.75) is 64.8 Å². The van der Waals surface area contributed by atoms with Gasteiger partial charge in [-0.3, -0.25) is 9.59 Å². The first-order valence-electron chi connectivity index (χ1n) is 12.1. The molecule has 10 heteroatoms. The lowest BCUT2D eigenvalue weighted by atomic mass is 9.99. The summed E-state index contributed by atoms with van der Waals surface area (Å²) in [6.45, 7) is 7.86. The number of phenols is 2. The molecule has 0 radical (unpaired) electrons. The predicted molar refractivity (Wildman–Crippen MR) is 138 cm³/mol. The third kappa shape index (κ3) is 8.98. The van der Waals surface area contributed by atoms with Crippen molar-refractivity contribution in [2.75, 3.05) is 13.2 Å². The second-order valence-corrected chi connectivity index (χ2v) is 9.95. The number of phenolic OH excluding ortho intramolecular Hbond substituents is 2. The molecule has 5 N–H and O–H groups in total. The number of aliphatic hydroxyl groups excluding tert-OH is 1. The first-order chi connectivity index (χ1) is 17.3. The molecule has 0 saturated carbocycles. The maximum atomic E-state index is 14.0. The van der Waals surface area contributed by atoms with Crippen molar-refractivity contribution in [1.82, 2.24) is 15.5 Å². The molecule has 0 bridgehead atoms. The van der Waals surface area contributed by atoms with Crippen LogP contribution in [0.4, 0.5) is 4.79 Å².